The number of hydrogen-bond acceptors (Lipinski definition) is 5. The van der Waals surface area contributed by atoms with Crippen molar-refractivity contribution >= 4 is 11.9 Å². The third-order valence-electron chi connectivity index (χ3n) is 9.81. The van der Waals surface area contributed by atoms with E-state index in [0.717, 1.165) is 44.9 Å². The monoisotopic (exact) mass is 693 g/mol. The summed E-state index contributed by atoms with van der Waals surface area (Å²) in [5, 5.41) is 9.57. The van der Waals surface area contributed by atoms with E-state index in [-0.39, 0.29) is 25.2 Å². The number of unbranched alkanes of at least 4 members (excludes halogenated alkanes) is 30. The summed E-state index contributed by atoms with van der Waals surface area (Å²) in [6, 6.07) is 0. The third kappa shape index (κ3) is 39.3. The maximum absolute atomic E-state index is 12.2. The first kappa shape index (κ1) is 47.6. The second kappa shape index (κ2) is 41.1. The number of hydrogen-bond donors (Lipinski definition) is 1. The van der Waals surface area contributed by atoms with E-state index in [1.165, 1.54) is 167 Å². The molecule has 0 unspecified atom stereocenters. The molecule has 0 saturated carbocycles. The van der Waals surface area contributed by atoms with E-state index in [0.29, 0.717) is 12.8 Å². The molecular formula is C44H84O5. The summed E-state index contributed by atoms with van der Waals surface area (Å²) in [6.07, 6.45) is 47.2. The Kier molecular flexibility index (Phi) is 39.9. The maximum Gasteiger partial charge on any atom is 0.306 e. The van der Waals surface area contributed by atoms with Gasteiger partial charge in [0.2, 0.25) is 0 Å². The van der Waals surface area contributed by atoms with E-state index in [1.807, 2.05) is 0 Å². The molecule has 5 nitrogen and oxygen atoms in total. The second-order valence-corrected chi connectivity index (χ2v) is 14.8. The predicted molar refractivity (Wildman–Crippen MR) is 210 cm³/mol. The number of carbonyl (C=O) groups is 2. The molecule has 0 spiro atoms. The topological polar surface area (TPSA) is 72.8 Å². The van der Waals surface area contributed by atoms with Crippen molar-refractivity contribution in [1.29, 1.82) is 0 Å². The maximum atomic E-state index is 12.2. The standard InChI is InChI=1S/C44H84O5/c1-3-5-7-9-11-13-15-17-18-19-20-21-22-23-24-25-27-29-31-33-35-37-39-44(47)49-42(40-45)41-48-43(46)38-36-34-32-30-28-26-16-14-12-10-8-6-4-2/h14,16,42,45H,3-13,15,17-41H2,1-2H3/b16-14+/t42-/m0/s1. The fourth-order valence-electron chi connectivity index (χ4n) is 6.49. The molecular weight excluding hydrogens is 608 g/mol. The van der Waals surface area contributed by atoms with Crippen LogP contribution in [0.25, 0.3) is 0 Å². The van der Waals surface area contributed by atoms with Gasteiger partial charge in [-0.05, 0) is 38.5 Å². The lowest BCUT2D eigenvalue weighted by atomic mass is 10.0. The van der Waals surface area contributed by atoms with Crippen LogP contribution in [0.5, 0.6) is 0 Å². The van der Waals surface area contributed by atoms with Crippen LogP contribution in [0.2, 0.25) is 0 Å². The Morgan fingerprint density at radius 1 is 0.449 bits per heavy atom. The predicted octanol–water partition coefficient (Wildman–Crippen LogP) is 13.7. The Bertz CT molecular complexity index is 705. The van der Waals surface area contributed by atoms with E-state index < -0.39 is 6.10 Å². The average molecular weight is 693 g/mol. The molecule has 290 valence electrons. The van der Waals surface area contributed by atoms with Crippen molar-refractivity contribution in [3.63, 3.8) is 0 Å². The van der Waals surface area contributed by atoms with Crippen LogP contribution in [0.1, 0.15) is 239 Å². The first-order valence-corrected chi connectivity index (χ1v) is 21.7. The first-order chi connectivity index (χ1) is 24.1. The molecule has 0 aliphatic rings. The van der Waals surface area contributed by atoms with Gasteiger partial charge in [0, 0.05) is 12.8 Å². The van der Waals surface area contributed by atoms with Gasteiger partial charge in [-0.25, -0.2) is 0 Å². The Labute approximate surface area is 305 Å². The van der Waals surface area contributed by atoms with Gasteiger partial charge >= 0.3 is 11.9 Å². The van der Waals surface area contributed by atoms with Crippen LogP contribution >= 0.6 is 0 Å². The van der Waals surface area contributed by atoms with Crippen molar-refractivity contribution in [1.82, 2.24) is 0 Å². The van der Waals surface area contributed by atoms with Crippen LogP contribution in [0.15, 0.2) is 12.2 Å². The lowest BCUT2D eigenvalue weighted by molar-refractivity contribution is -0.161. The molecule has 0 aromatic rings. The quantitative estimate of drug-likeness (QED) is 0.0393. The van der Waals surface area contributed by atoms with Gasteiger partial charge in [0.15, 0.2) is 6.10 Å². The number of aliphatic hydroxyl groups is 1. The van der Waals surface area contributed by atoms with E-state index in [9.17, 15) is 14.7 Å². The van der Waals surface area contributed by atoms with Crippen LogP contribution in [0.3, 0.4) is 0 Å². The van der Waals surface area contributed by atoms with Crippen molar-refractivity contribution in [2.45, 2.75) is 245 Å². The highest BCUT2D eigenvalue weighted by molar-refractivity contribution is 5.70. The van der Waals surface area contributed by atoms with Gasteiger partial charge in [0.25, 0.3) is 0 Å². The summed E-state index contributed by atoms with van der Waals surface area (Å²) in [6.45, 7) is 4.14. The highest BCUT2D eigenvalue weighted by atomic mass is 16.6. The van der Waals surface area contributed by atoms with Gasteiger partial charge in [-0.2, -0.15) is 0 Å². The summed E-state index contributed by atoms with van der Waals surface area (Å²) in [7, 11) is 0. The van der Waals surface area contributed by atoms with Crippen LogP contribution in [0.4, 0.5) is 0 Å². The van der Waals surface area contributed by atoms with Gasteiger partial charge in [-0.15, -0.1) is 0 Å². The van der Waals surface area contributed by atoms with E-state index in [2.05, 4.69) is 26.0 Å². The van der Waals surface area contributed by atoms with Crippen molar-refractivity contribution < 1.29 is 24.2 Å². The highest BCUT2D eigenvalue weighted by Crippen LogP contribution is 2.16. The zero-order valence-corrected chi connectivity index (χ0v) is 33.0. The number of esters is 2. The van der Waals surface area contributed by atoms with E-state index in [1.54, 1.807) is 0 Å². The number of allylic oxidation sites excluding steroid dienone is 2. The first-order valence-electron chi connectivity index (χ1n) is 21.7. The molecule has 49 heavy (non-hydrogen) atoms. The molecule has 0 radical (unpaired) electrons. The number of rotatable bonds is 40. The van der Waals surface area contributed by atoms with Crippen molar-refractivity contribution in [2.24, 2.45) is 0 Å². The van der Waals surface area contributed by atoms with Crippen molar-refractivity contribution in [3.05, 3.63) is 12.2 Å². The highest BCUT2D eigenvalue weighted by Gasteiger charge is 2.16. The fraction of sp³-hybridized carbons (Fsp3) is 0.909. The van der Waals surface area contributed by atoms with E-state index >= 15 is 0 Å². The molecule has 0 amide bonds. The minimum absolute atomic E-state index is 0.0643. The number of aliphatic hydroxyl groups excluding tert-OH is 1. The molecule has 1 atom stereocenters. The van der Waals surface area contributed by atoms with Gasteiger partial charge in [0.05, 0.1) is 6.61 Å². The smallest absolute Gasteiger partial charge is 0.306 e. The Balaban J connectivity index is 3.46. The zero-order chi connectivity index (χ0) is 35.7. The minimum Gasteiger partial charge on any atom is -0.462 e. The van der Waals surface area contributed by atoms with Crippen LogP contribution in [-0.2, 0) is 19.1 Å². The molecule has 0 heterocycles. The molecule has 5 heteroatoms. The average Bonchev–Trinajstić information content (AvgIpc) is 3.10. The van der Waals surface area contributed by atoms with Gasteiger partial charge < -0.3 is 14.6 Å². The molecule has 0 fully saturated rings. The molecule has 0 aromatic heterocycles. The van der Waals surface area contributed by atoms with Gasteiger partial charge in [-0.1, -0.05) is 199 Å². The molecule has 0 aliphatic heterocycles. The van der Waals surface area contributed by atoms with Crippen LogP contribution < -0.4 is 0 Å². The molecule has 0 aliphatic carbocycles. The number of ether oxygens (including phenoxy) is 2. The summed E-state index contributed by atoms with van der Waals surface area (Å²) in [4.78, 5) is 24.3. The lowest BCUT2D eigenvalue weighted by Gasteiger charge is -2.15. The molecule has 0 bridgehead atoms. The zero-order valence-electron chi connectivity index (χ0n) is 33.0. The normalized spacial score (nSPS) is 12.1. The summed E-state index contributed by atoms with van der Waals surface area (Å²) < 4.78 is 10.6. The molecule has 1 N–H and O–H groups in total. The summed E-state index contributed by atoms with van der Waals surface area (Å²) >= 11 is 0. The third-order valence-corrected chi connectivity index (χ3v) is 9.81. The van der Waals surface area contributed by atoms with Crippen molar-refractivity contribution in [3.8, 4) is 0 Å². The van der Waals surface area contributed by atoms with Gasteiger partial charge in [0.1, 0.15) is 6.61 Å². The van der Waals surface area contributed by atoms with Crippen molar-refractivity contribution in [2.75, 3.05) is 13.2 Å². The van der Waals surface area contributed by atoms with E-state index in [4.69, 9.17) is 9.47 Å². The SMILES string of the molecule is CCCCCC/C=C/CCCCCCCC(=O)OC[C@H](CO)OC(=O)CCCCCCCCCCCCCCCCCCCCCCCC. The summed E-state index contributed by atoms with van der Waals surface area (Å²) in [5.41, 5.74) is 0. The molecule has 0 aromatic carbocycles. The Morgan fingerprint density at radius 3 is 1.12 bits per heavy atom. The minimum atomic E-state index is -0.768. The van der Waals surface area contributed by atoms with Gasteiger partial charge in [-0.3, -0.25) is 9.59 Å². The fourth-order valence-corrected chi connectivity index (χ4v) is 6.49. The largest absolute Gasteiger partial charge is 0.462 e. The summed E-state index contributed by atoms with van der Waals surface area (Å²) in [5.74, 6) is -0.588. The molecule has 0 saturated heterocycles. The van der Waals surface area contributed by atoms with Crippen LogP contribution in [-0.4, -0.2) is 36.4 Å². The van der Waals surface area contributed by atoms with Crippen LogP contribution in [0, 0.1) is 0 Å². The Morgan fingerprint density at radius 2 is 0.755 bits per heavy atom. The second-order valence-electron chi connectivity index (χ2n) is 14.8. The number of carbonyl (C=O) groups excluding carboxylic acids is 2. The molecule has 0 rings (SSSR count). The Hall–Kier alpha value is -1.36. The lowest BCUT2D eigenvalue weighted by Crippen LogP contribution is -2.28.